The van der Waals surface area contributed by atoms with E-state index >= 15 is 0 Å². The maximum Gasteiger partial charge on any atom is 0.141 e. The zero-order valence-electron chi connectivity index (χ0n) is 11.2. The molecule has 0 amide bonds. The van der Waals surface area contributed by atoms with E-state index in [0.29, 0.717) is 0 Å². The van der Waals surface area contributed by atoms with E-state index in [1.807, 2.05) is 48.5 Å². The van der Waals surface area contributed by atoms with E-state index in [1.165, 1.54) is 5.56 Å². The van der Waals surface area contributed by atoms with Crippen LogP contribution in [0.5, 0.6) is 0 Å². The van der Waals surface area contributed by atoms with Gasteiger partial charge in [0.15, 0.2) is 0 Å². The van der Waals surface area contributed by atoms with Crippen LogP contribution in [0.15, 0.2) is 60.7 Å². The normalized spacial score (nSPS) is 10.7. The molecule has 0 aromatic heterocycles. The molecule has 0 saturated heterocycles. The maximum absolute atomic E-state index is 9.81. The molecule has 0 aliphatic heterocycles. The van der Waals surface area contributed by atoms with Crippen LogP contribution in [0.25, 0.3) is 0 Å². The average Bonchev–Trinajstić information content (AvgIpc) is 2.52. The molecule has 0 spiro atoms. The summed E-state index contributed by atoms with van der Waals surface area (Å²) < 4.78 is 0. The molecule has 0 aliphatic rings. The number of hydrogen-bond acceptors (Lipinski definition) is 1. The first-order valence-electron chi connectivity index (χ1n) is 6.61. The van der Waals surface area contributed by atoms with Crippen LogP contribution in [-0.2, 0) is 6.42 Å². The lowest BCUT2D eigenvalue weighted by Crippen LogP contribution is -1.91. The Balaban J connectivity index is 1.82. The van der Waals surface area contributed by atoms with Crippen LogP contribution in [0, 0.1) is 23.7 Å². The lowest BCUT2D eigenvalue weighted by Gasteiger charge is -2.00. The summed E-state index contributed by atoms with van der Waals surface area (Å²) in [5.74, 6) is 11.2. The first-order chi connectivity index (χ1) is 9.86. The highest BCUT2D eigenvalue weighted by Crippen LogP contribution is 2.09. The average molecular weight is 260 g/mol. The monoisotopic (exact) mass is 260 g/mol. The minimum absolute atomic E-state index is 0.764. The summed E-state index contributed by atoms with van der Waals surface area (Å²) in [6, 6.07) is 19.6. The summed E-state index contributed by atoms with van der Waals surface area (Å²) in [6.07, 6.45) is 0.941. The fourth-order valence-corrected chi connectivity index (χ4v) is 1.78. The van der Waals surface area contributed by atoms with Crippen molar-refractivity contribution >= 4 is 0 Å². The van der Waals surface area contributed by atoms with Gasteiger partial charge in [-0.2, -0.15) is 0 Å². The van der Waals surface area contributed by atoms with Crippen LogP contribution >= 0.6 is 0 Å². The predicted molar refractivity (Wildman–Crippen MR) is 81.7 cm³/mol. The Morgan fingerprint density at radius 2 is 1.50 bits per heavy atom. The van der Waals surface area contributed by atoms with Crippen molar-refractivity contribution in [3.63, 3.8) is 0 Å². The Kier molecular flexibility index (Phi) is 5.47. The van der Waals surface area contributed by atoms with Gasteiger partial charge in [0.05, 0.1) is 0 Å². The first-order valence-corrected chi connectivity index (χ1v) is 6.61. The van der Waals surface area contributed by atoms with Gasteiger partial charge in [0.1, 0.15) is 6.10 Å². The van der Waals surface area contributed by atoms with Gasteiger partial charge in [0, 0.05) is 6.42 Å². The summed E-state index contributed by atoms with van der Waals surface area (Å²) >= 11 is 0. The molecule has 98 valence electrons. The maximum atomic E-state index is 9.81. The predicted octanol–water partition coefficient (Wildman–Crippen LogP) is 3.36. The minimum Gasteiger partial charge on any atom is -0.376 e. The highest BCUT2D eigenvalue weighted by molar-refractivity contribution is 5.32. The minimum atomic E-state index is -0.764. The molecule has 1 atom stereocenters. The van der Waals surface area contributed by atoms with Crippen molar-refractivity contribution in [1.29, 1.82) is 0 Å². The van der Waals surface area contributed by atoms with Gasteiger partial charge < -0.3 is 5.11 Å². The van der Waals surface area contributed by atoms with E-state index < -0.39 is 6.10 Å². The van der Waals surface area contributed by atoms with Crippen molar-refractivity contribution in [1.82, 2.24) is 0 Å². The van der Waals surface area contributed by atoms with E-state index in [-0.39, 0.29) is 0 Å². The lowest BCUT2D eigenvalue weighted by atomic mass is 10.1. The number of aliphatic hydroxyl groups is 1. The van der Waals surface area contributed by atoms with Gasteiger partial charge in [-0.1, -0.05) is 72.5 Å². The molecule has 1 N–H and O–H groups in total. The molecule has 0 heterocycles. The lowest BCUT2D eigenvalue weighted by molar-refractivity contribution is 0.238. The van der Waals surface area contributed by atoms with Crippen molar-refractivity contribution in [3.05, 3.63) is 71.8 Å². The van der Waals surface area contributed by atoms with Gasteiger partial charge in [0.25, 0.3) is 0 Å². The Bertz CT molecular complexity index is 636. The highest BCUT2D eigenvalue weighted by atomic mass is 16.3. The number of aliphatic hydroxyl groups excluding tert-OH is 1. The molecule has 0 radical (unpaired) electrons. The second-order valence-corrected chi connectivity index (χ2v) is 4.37. The van der Waals surface area contributed by atoms with Crippen molar-refractivity contribution in [3.8, 4) is 23.7 Å². The molecule has 0 bridgehead atoms. The fourth-order valence-electron chi connectivity index (χ4n) is 1.78. The standard InChI is InChI=1S/C19H16O/c20-19(18-14-8-4-9-15-18)16-10-2-1-5-11-17-12-6-3-7-13-17/h3-4,6-9,12-15,19-20H,5,11H2/t19-/m0/s1. The first kappa shape index (κ1) is 13.9. The van der Waals surface area contributed by atoms with Crippen LogP contribution in [0.2, 0.25) is 0 Å². The second-order valence-electron chi connectivity index (χ2n) is 4.37. The highest BCUT2D eigenvalue weighted by Gasteiger charge is 2.00. The van der Waals surface area contributed by atoms with E-state index in [9.17, 15) is 5.11 Å². The summed E-state index contributed by atoms with van der Waals surface area (Å²) in [5, 5.41) is 9.81. The van der Waals surface area contributed by atoms with Gasteiger partial charge >= 0.3 is 0 Å². The van der Waals surface area contributed by atoms with Gasteiger partial charge in [-0.25, -0.2) is 0 Å². The van der Waals surface area contributed by atoms with Gasteiger partial charge in [-0.3, -0.25) is 0 Å². The summed E-state index contributed by atoms with van der Waals surface area (Å²) in [5.41, 5.74) is 2.07. The molecule has 0 unspecified atom stereocenters. The molecule has 2 rings (SSSR count). The van der Waals surface area contributed by atoms with Gasteiger partial charge in [-0.05, 0) is 29.4 Å². The second kappa shape index (κ2) is 7.85. The zero-order valence-corrected chi connectivity index (χ0v) is 11.2. The third-order valence-electron chi connectivity index (χ3n) is 2.86. The van der Waals surface area contributed by atoms with Crippen molar-refractivity contribution in [2.24, 2.45) is 0 Å². The molecule has 20 heavy (non-hydrogen) atoms. The Hall–Kier alpha value is -2.48. The van der Waals surface area contributed by atoms with Gasteiger partial charge in [0.2, 0.25) is 0 Å². The fraction of sp³-hybridized carbons (Fsp3) is 0.158. The number of rotatable bonds is 3. The van der Waals surface area contributed by atoms with Crippen molar-refractivity contribution in [2.45, 2.75) is 18.9 Å². The molecule has 2 aromatic rings. The van der Waals surface area contributed by atoms with Gasteiger partial charge in [-0.15, -0.1) is 0 Å². The molecular weight excluding hydrogens is 244 g/mol. The quantitative estimate of drug-likeness (QED) is 0.839. The molecule has 0 saturated carbocycles. The van der Waals surface area contributed by atoms with E-state index in [4.69, 9.17) is 0 Å². The number of benzene rings is 2. The summed E-state index contributed by atoms with van der Waals surface area (Å²) in [6.45, 7) is 0. The summed E-state index contributed by atoms with van der Waals surface area (Å²) in [7, 11) is 0. The largest absolute Gasteiger partial charge is 0.376 e. The Morgan fingerprint density at radius 1 is 0.850 bits per heavy atom. The van der Waals surface area contributed by atoms with E-state index in [2.05, 4.69) is 35.8 Å². The van der Waals surface area contributed by atoms with Crippen molar-refractivity contribution < 1.29 is 5.11 Å². The number of hydrogen-bond donors (Lipinski definition) is 1. The Morgan fingerprint density at radius 3 is 2.20 bits per heavy atom. The molecule has 0 aliphatic carbocycles. The van der Waals surface area contributed by atoms with Crippen LogP contribution in [0.4, 0.5) is 0 Å². The van der Waals surface area contributed by atoms with Crippen LogP contribution in [0.3, 0.4) is 0 Å². The van der Waals surface area contributed by atoms with Crippen LogP contribution in [0.1, 0.15) is 23.7 Å². The SMILES string of the molecule is O[C@@H](C#CC#CCCc1ccccc1)c1ccccc1. The Labute approximate surface area is 120 Å². The molecule has 2 aromatic carbocycles. The zero-order chi connectivity index (χ0) is 14.0. The molecule has 1 nitrogen and oxygen atoms in total. The van der Waals surface area contributed by atoms with Crippen LogP contribution in [-0.4, -0.2) is 5.11 Å². The molecule has 1 heteroatoms. The molecular formula is C19H16O. The van der Waals surface area contributed by atoms with E-state index in [0.717, 1.165) is 18.4 Å². The third kappa shape index (κ3) is 4.65. The van der Waals surface area contributed by atoms with Crippen LogP contribution < -0.4 is 0 Å². The number of aryl methyl sites for hydroxylation is 1. The molecule has 0 fully saturated rings. The smallest absolute Gasteiger partial charge is 0.141 e. The van der Waals surface area contributed by atoms with Crippen molar-refractivity contribution in [2.75, 3.05) is 0 Å². The third-order valence-corrected chi connectivity index (χ3v) is 2.86. The van der Waals surface area contributed by atoms with E-state index in [1.54, 1.807) is 0 Å². The summed E-state index contributed by atoms with van der Waals surface area (Å²) in [4.78, 5) is 0. The topological polar surface area (TPSA) is 20.2 Å².